The van der Waals surface area contributed by atoms with Gasteiger partial charge in [-0.1, -0.05) is 25.6 Å². The molecule has 0 saturated carbocycles. The number of hydrogen-bond acceptors (Lipinski definition) is 3. The first kappa shape index (κ1) is 15.1. The van der Waals surface area contributed by atoms with E-state index in [-0.39, 0.29) is 0 Å². The molecule has 1 aliphatic heterocycles. The van der Waals surface area contributed by atoms with Crippen molar-refractivity contribution in [2.45, 2.75) is 32.6 Å². The molecule has 110 valence electrons. The first-order chi connectivity index (χ1) is 9.65. The molecule has 2 rings (SSSR count). The highest BCUT2D eigenvalue weighted by atomic mass is 32.1. The van der Waals surface area contributed by atoms with Crippen LogP contribution in [0.1, 0.15) is 38.2 Å². The van der Waals surface area contributed by atoms with Gasteiger partial charge in [0.15, 0.2) is 0 Å². The second kappa shape index (κ2) is 6.93. The standard InChI is InChI=1S/C16H24N2OS/c1-3-12-5-4-9-18(10-8-12)15-11-13(19-2)6-7-14(15)16(17)20/h6-7,11-12H,3-5,8-10H2,1-2H3,(H2,17,20). The van der Waals surface area contributed by atoms with E-state index in [0.717, 1.165) is 36.0 Å². The van der Waals surface area contributed by atoms with E-state index in [9.17, 15) is 0 Å². The summed E-state index contributed by atoms with van der Waals surface area (Å²) < 4.78 is 5.34. The van der Waals surface area contributed by atoms with Crippen LogP contribution in [-0.4, -0.2) is 25.2 Å². The molecule has 4 heteroatoms. The van der Waals surface area contributed by atoms with Gasteiger partial charge in [-0.05, 0) is 37.3 Å². The average molecular weight is 292 g/mol. The molecule has 1 saturated heterocycles. The molecule has 1 aromatic carbocycles. The summed E-state index contributed by atoms with van der Waals surface area (Å²) in [5.41, 5.74) is 7.94. The van der Waals surface area contributed by atoms with E-state index in [4.69, 9.17) is 22.7 Å². The van der Waals surface area contributed by atoms with Gasteiger partial charge in [-0.15, -0.1) is 0 Å². The van der Waals surface area contributed by atoms with E-state index in [0.29, 0.717) is 4.99 Å². The molecule has 0 aromatic heterocycles. The van der Waals surface area contributed by atoms with Crippen LogP contribution < -0.4 is 15.4 Å². The highest BCUT2D eigenvalue weighted by molar-refractivity contribution is 7.80. The predicted molar refractivity (Wildman–Crippen MR) is 88.7 cm³/mol. The van der Waals surface area contributed by atoms with E-state index in [1.165, 1.54) is 25.7 Å². The molecule has 0 aliphatic carbocycles. The predicted octanol–water partition coefficient (Wildman–Crippen LogP) is 3.35. The Morgan fingerprint density at radius 2 is 2.20 bits per heavy atom. The topological polar surface area (TPSA) is 38.5 Å². The van der Waals surface area contributed by atoms with Crippen molar-refractivity contribution < 1.29 is 4.74 Å². The second-order valence-electron chi connectivity index (χ2n) is 5.44. The highest BCUT2D eigenvalue weighted by Crippen LogP contribution is 2.30. The van der Waals surface area contributed by atoms with Gasteiger partial charge in [-0.3, -0.25) is 0 Å². The molecule has 0 amide bonds. The molecule has 1 heterocycles. The van der Waals surface area contributed by atoms with Gasteiger partial charge in [0.25, 0.3) is 0 Å². The SMILES string of the molecule is CCC1CCCN(c2cc(OC)ccc2C(N)=S)CC1. The average Bonchev–Trinajstić information content (AvgIpc) is 2.71. The lowest BCUT2D eigenvalue weighted by atomic mass is 9.98. The molecule has 2 N–H and O–H groups in total. The monoisotopic (exact) mass is 292 g/mol. The Labute approximate surface area is 127 Å². The molecule has 1 aromatic rings. The summed E-state index contributed by atoms with van der Waals surface area (Å²) >= 11 is 5.19. The molecule has 0 bridgehead atoms. The van der Waals surface area contributed by atoms with Gasteiger partial charge in [0.1, 0.15) is 10.7 Å². The van der Waals surface area contributed by atoms with Crippen molar-refractivity contribution >= 4 is 22.9 Å². The number of hydrogen-bond donors (Lipinski definition) is 1. The Kier molecular flexibility index (Phi) is 5.24. The Balaban J connectivity index is 2.27. The Morgan fingerprint density at radius 3 is 2.85 bits per heavy atom. The summed E-state index contributed by atoms with van der Waals surface area (Å²) in [6.45, 7) is 4.42. The van der Waals surface area contributed by atoms with Crippen LogP contribution in [0.3, 0.4) is 0 Å². The summed E-state index contributed by atoms with van der Waals surface area (Å²) in [6, 6.07) is 5.95. The van der Waals surface area contributed by atoms with Gasteiger partial charge >= 0.3 is 0 Å². The third-order valence-corrected chi connectivity index (χ3v) is 4.46. The maximum Gasteiger partial charge on any atom is 0.120 e. The molecular formula is C16H24N2OS. The summed E-state index contributed by atoms with van der Waals surface area (Å²) in [5.74, 6) is 1.70. The smallest absolute Gasteiger partial charge is 0.120 e. The van der Waals surface area contributed by atoms with Crippen LogP contribution in [0.5, 0.6) is 5.75 Å². The molecule has 0 spiro atoms. The molecule has 1 fully saturated rings. The third kappa shape index (κ3) is 3.42. The first-order valence-corrected chi connectivity index (χ1v) is 7.79. The normalized spacial score (nSPS) is 19.5. The van der Waals surface area contributed by atoms with Crippen LogP contribution in [0.2, 0.25) is 0 Å². The van der Waals surface area contributed by atoms with Gasteiger partial charge in [-0.2, -0.15) is 0 Å². The fraction of sp³-hybridized carbons (Fsp3) is 0.562. The van der Waals surface area contributed by atoms with Crippen LogP contribution >= 0.6 is 12.2 Å². The summed E-state index contributed by atoms with van der Waals surface area (Å²) in [5, 5.41) is 0. The van der Waals surface area contributed by atoms with Crippen molar-refractivity contribution in [2.75, 3.05) is 25.1 Å². The second-order valence-corrected chi connectivity index (χ2v) is 5.88. The van der Waals surface area contributed by atoms with Gasteiger partial charge in [0.2, 0.25) is 0 Å². The molecule has 0 radical (unpaired) electrons. The molecule has 1 unspecified atom stereocenters. The van der Waals surface area contributed by atoms with Crippen molar-refractivity contribution in [3.05, 3.63) is 23.8 Å². The minimum Gasteiger partial charge on any atom is -0.497 e. The maximum absolute atomic E-state index is 5.87. The number of nitrogens with two attached hydrogens (primary N) is 1. The molecule has 20 heavy (non-hydrogen) atoms. The summed E-state index contributed by atoms with van der Waals surface area (Å²) in [4.78, 5) is 2.87. The summed E-state index contributed by atoms with van der Waals surface area (Å²) in [6.07, 6.45) is 5.06. The zero-order valence-corrected chi connectivity index (χ0v) is 13.2. The van der Waals surface area contributed by atoms with Crippen LogP contribution in [-0.2, 0) is 0 Å². The van der Waals surface area contributed by atoms with Crippen LogP contribution in [0.15, 0.2) is 18.2 Å². The van der Waals surface area contributed by atoms with Crippen LogP contribution in [0, 0.1) is 5.92 Å². The van der Waals surface area contributed by atoms with E-state index >= 15 is 0 Å². The quantitative estimate of drug-likeness (QED) is 0.864. The van der Waals surface area contributed by atoms with Gasteiger partial charge in [0, 0.05) is 24.7 Å². The molecule has 1 atom stereocenters. The van der Waals surface area contributed by atoms with Gasteiger partial charge in [0.05, 0.1) is 12.8 Å². The number of methoxy groups -OCH3 is 1. The number of thiocarbonyl (C=S) groups is 1. The van der Waals surface area contributed by atoms with E-state index in [1.54, 1.807) is 7.11 Å². The fourth-order valence-electron chi connectivity index (χ4n) is 2.92. The maximum atomic E-state index is 5.87. The van der Waals surface area contributed by atoms with E-state index < -0.39 is 0 Å². The number of benzene rings is 1. The number of nitrogens with zero attached hydrogens (tertiary/aromatic N) is 1. The Hall–Kier alpha value is -1.29. The van der Waals surface area contributed by atoms with E-state index in [1.807, 2.05) is 12.1 Å². The lowest BCUT2D eigenvalue weighted by Crippen LogP contribution is -2.27. The lowest BCUT2D eigenvalue weighted by Gasteiger charge is -2.26. The Bertz CT molecular complexity index is 476. The number of ether oxygens (including phenoxy) is 1. The molecule has 1 aliphatic rings. The zero-order chi connectivity index (χ0) is 14.5. The minimum atomic E-state index is 0.457. The Morgan fingerprint density at radius 1 is 1.40 bits per heavy atom. The largest absolute Gasteiger partial charge is 0.497 e. The zero-order valence-electron chi connectivity index (χ0n) is 12.4. The van der Waals surface area contributed by atoms with E-state index in [2.05, 4.69) is 17.9 Å². The number of rotatable bonds is 4. The van der Waals surface area contributed by atoms with Crippen LogP contribution in [0.4, 0.5) is 5.69 Å². The minimum absolute atomic E-state index is 0.457. The summed E-state index contributed by atoms with van der Waals surface area (Å²) in [7, 11) is 1.69. The lowest BCUT2D eigenvalue weighted by molar-refractivity contribution is 0.414. The van der Waals surface area contributed by atoms with Crippen molar-refractivity contribution in [1.29, 1.82) is 0 Å². The molecular weight excluding hydrogens is 268 g/mol. The first-order valence-electron chi connectivity index (χ1n) is 7.38. The molecule has 3 nitrogen and oxygen atoms in total. The third-order valence-electron chi connectivity index (χ3n) is 4.24. The van der Waals surface area contributed by atoms with Crippen LogP contribution in [0.25, 0.3) is 0 Å². The van der Waals surface area contributed by atoms with Crippen molar-refractivity contribution in [2.24, 2.45) is 11.7 Å². The number of anilines is 1. The fourth-order valence-corrected chi connectivity index (χ4v) is 3.10. The van der Waals surface area contributed by atoms with Gasteiger partial charge < -0.3 is 15.4 Å². The highest BCUT2D eigenvalue weighted by Gasteiger charge is 2.19. The van der Waals surface area contributed by atoms with Crippen molar-refractivity contribution in [3.8, 4) is 5.75 Å². The van der Waals surface area contributed by atoms with Gasteiger partial charge in [-0.25, -0.2) is 0 Å². The van der Waals surface area contributed by atoms with Crippen molar-refractivity contribution in [1.82, 2.24) is 0 Å². The van der Waals surface area contributed by atoms with Crippen molar-refractivity contribution in [3.63, 3.8) is 0 Å².